The van der Waals surface area contributed by atoms with Gasteiger partial charge in [-0.1, -0.05) is 6.08 Å². The van der Waals surface area contributed by atoms with Crippen LogP contribution in [0.2, 0.25) is 0 Å². The maximum atomic E-state index is 11.7. The maximum absolute atomic E-state index is 11.7. The van der Waals surface area contributed by atoms with Crippen molar-refractivity contribution in [2.45, 2.75) is 42.4 Å². The molecule has 0 spiro atoms. The summed E-state index contributed by atoms with van der Waals surface area (Å²) < 4.78 is 21.0. The Labute approximate surface area is 210 Å². The first-order valence-electron chi connectivity index (χ1n) is 11.2. The Morgan fingerprint density at radius 2 is 1.14 bits per heavy atom. The lowest BCUT2D eigenvalue weighted by Crippen LogP contribution is -2.66. The van der Waals surface area contributed by atoms with Crippen LogP contribution >= 0.6 is 0 Å². The number of rotatable bonds is 14. The van der Waals surface area contributed by atoms with E-state index in [0.29, 0.717) is 34.1 Å². The van der Waals surface area contributed by atoms with Crippen molar-refractivity contribution in [2.75, 3.05) is 35.0 Å². The molecule has 0 saturated heterocycles. The molecule has 0 fully saturated rings. The molecule has 0 radical (unpaired) electrons. The molecule has 200 valence electrons. The molecule has 36 heavy (non-hydrogen) atoms. The van der Waals surface area contributed by atoms with Gasteiger partial charge < -0.3 is 49.6 Å². The average Bonchev–Trinajstić information content (AvgIpc) is 2.90. The van der Waals surface area contributed by atoms with Crippen LogP contribution in [0.15, 0.2) is 49.1 Å². The molecule has 0 aliphatic heterocycles. The van der Waals surface area contributed by atoms with Gasteiger partial charge >= 0.3 is 0 Å². The molecule has 2 aromatic rings. The fourth-order valence-electron chi connectivity index (χ4n) is 4.10. The lowest BCUT2D eigenvalue weighted by molar-refractivity contribution is -0.218. The van der Waals surface area contributed by atoms with E-state index in [-0.39, 0.29) is 6.42 Å². The smallest absolute Gasteiger partial charge is 0.126 e. The van der Waals surface area contributed by atoms with Crippen LogP contribution in [0.5, 0.6) is 23.0 Å². The van der Waals surface area contributed by atoms with Crippen molar-refractivity contribution in [3.8, 4) is 23.0 Å². The maximum Gasteiger partial charge on any atom is 0.126 e. The minimum absolute atomic E-state index is 0.267. The van der Waals surface area contributed by atoms with Crippen molar-refractivity contribution >= 4 is 0 Å². The van der Waals surface area contributed by atoms with E-state index in [1.165, 1.54) is 40.6 Å². The monoisotopic (exact) mass is 508 g/mol. The summed E-state index contributed by atoms with van der Waals surface area (Å²) in [5.74, 6) is 1.61. The summed E-state index contributed by atoms with van der Waals surface area (Å²) in [7, 11) is 5.79. The van der Waals surface area contributed by atoms with E-state index >= 15 is 0 Å². The van der Waals surface area contributed by atoms with E-state index in [2.05, 4.69) is 6.58 Å². The van der Waals surface area contributed by atoms with E-state index in [1.54, 1.807) is 24.3 Å². The summed E-state index contributed by atoms with van der Waals surface area (Å²) in [4.78, 5) is 0. The summed E-state index contributed by atoms with van der Waals surface area (Å²) >= 11 is 0. The Hall–Kier alpha value is -2.86. The summed E-state index contributed by atoms with van der Waals surface area (Å²) in [6.45, 7) is 2.71. The number of methoxy groups -OCH3 is 4. The van der Waals surface area contributed by atoms with Crippen LogP contribution in [0.3, 0.4) is 0 Å². The number of benzene rings is 2. The highest BCUT2D eigenvalue weighted by atomic mass is 16.5. The zero-order valence-electron chi connectivity index (χ0n) is 20.9. The van der Waals surface area contributed by atoms with Gasteiger partial charge in [-0.05, 0) is 35.4 Å². The van der Waals surface area contributed by atoms with Gasteiger partial charge in [0.25, 0.3) is 0 Å². The van der Waals surface area contributed by atoms with Crippen LogP contribution in [-0.2, 0) is 12.8 Å². The van der Waals surface area contributed by atoms with Crippen LogP contribution in [0.25, 0.3) is 0 Å². The van der Waals surface area contributed by atoms with Gasteiger partial charge in [0, 0.05) is 25.0 Å². The van der Waals surface area contributed by atoms with Crippen molar-refractivity contribution in [3.63, 3.8) is 0 Å². The Balaban J connectivity index is 2.57. The first-order chi connectivity index (χ1) is 17.0. The molecule has 6 N–H and O–H groups in total. The number of aliphatic hydroxyl groups is 6. The second-order valence-electron chi connectivity index (χ2n) is 8.58. The van der Waals surface area contributed by atoms with E-state index in [4.69, 9.17) is 18.9 Å². The Morgan fingerprint density at radius 3 is 1.47 bits per heavy atom. The Kier molecular flexibility index (Phi) is 10.1. The predicted octanol–water partition coefficient (Wildman–Crippen LogP) is 0.229. The van der Waals surface area contributed by atoms with Crippen molar-refractivity contribution in [1.82, 2.24) is 0 Å². The highest BCUT2D eigenvalue weighted by Gasteiger charge is 2.53. The van der Waals surface area contributed by atoms with E-state index in [1.807, 2.05) is 0 Å². The standard InChI is InChI=1S/C26H36O10/c1-6-25(31,13-16-7-18(33-2)11-19(8-16)34-3)24(30)26(32,23(29)22(28)15-27)14-17-9-20(35-4)12-21(10-17)36-5/h6-12,22-24,27-32H,1,13-15H2,2-5H3/t22-,23+,24+,25?,26+/m0/s1. The highest BCUT2D eigenvalue weighted by Crippen LogP contribution is 2.36. The van der Waals surface area contributed by atoms with Gasteiger partial charge in [0.2, 0.25) is 0 Å². The van der Waals surface area contributed by atoms with Gasteiger partial charge in [-0.3, -0.25) is 0 Å². The summed E-state index contributed by atoms with van der Waals surface area (Å²) in [6, 6.07) is 9.51. The number of aliphatic hydroxyl groups excluding tert-OH is 4. The normalized spacial score (nSPS) is 17.2. The average molecular weight is 509 g/mol. The zero-order chi connectivity index (χ0) is 27.1. The topological polar surface area (TPSA) is 158 Å². The molecule has 2 rings (SSSR count). The minimum Gasteiger partial charge on any atom is -0.497 e. The second-order valence-corrected chi connectivity index (χ2v) is 8.58. The molecule has 10 nitrogen and oxygen atoms in total. The molecule has 0 amide bonds. The molecule has 1 unspecified atom stereocenters. The lowest BCUT2D eigenvalue weighted by Gasteiger charge is -2.45. The van der Waals surface area contributed by atoms with Gasteiger partial charge in [-0.25, -0.2) is 0 Å². The summed E-state index contributed by atoms with van der Waals surface area (Å²) in [5.41, 5.74) is -3.95. The molecule has 0 heterocycles. The fraction of sp³-hybridized carbons (Fsp3) is 0.462. The second kappa shape index (κ2) is 12.4. The first kappa shape index (κ1) is 29.4. The minimum atomic E-state index is -2.56. The largest absolute Gasteiger partial charge is 0.497 e. The third-order valence-electron chi connectivity index (χ3n) is 6.16. The number of hydrogen-bond donors (Lipinski definition) is 6. The number of ether oxygens (including phenoxy) is 4. The van der Waals surface area contributed by atoms with Crippen LogP contribution in [-0.4, -0.2) is 95.2 Å². The Morgan fingerprint density at radius 1 is 0.750 bits per heavy atom. The zero-order valence-corrected chi connectivity index (χ0v) is 20.9. The van der Waals surface area contributed by atoms with Gasteiger partial charge in [0.05, 0.1) is 35.0 Å². The van der Waals surface area contributed by atoms with E-state index in [0.717, 1.165) is 6.08 Å². The SMILES string of the molecule is C=CC(O)(Cc1cc(OC)cc(OC)c1)[C@@H](O)[C@@](O)(Cc1cc(OC)cc(OC)c1)[C@H](O)[C@@H](O)CO. The van der Waals surface area contributed by atoms with Crippen LogP contribution in [0.1, 0.15) is 11.1 Å². The van der Waals surface area contributed by atoms with Crippen molar-refractivity contribution in [3.05, 3.63) is 60.2 Å². The molecule has 0 aliphatic rings. The molecule has 2 aromatic carbocycles. The summed E-state index contributed by atoms with van der Waals surface area (Å²) in [5, 5.41) is 65.0. The van der Waals surface area contributed by atoms with Crippen molar-refractivity contribution < 1.29 is 49.6 Å². The highest BCUT2D eigenvalue weighted by molar-refractivity contribution is 5.41. The van der Waals surface area contributed by atoms with Crippen molar-refractivity contribution in [2.24, 2.45) is 0 Å². The fourth-order valence-corrected chi connectivity index (χ4v) is 4.10. The molecule has 0 bridgehead atoms. The van der Waals surface area contributed by atoms with Gasteiger partial charge in [-0.2, -0.15) is 0 Å². The quantitative estimate of drug-likeness (QED) is 0.195. The first-order valence-corrected chi connectivity index (χ1v) is 11.2. The lowest BCUT2D eigenvalue weighted by atomic mass is 9.73. The summed E-state index contributed by atoms with van der Waals surface area (Å²) in [6.07, 6.45) is -5.68. The van der Waals surface area contributed by atoms with Gasteiger partial charge in [0.15, 0.2) is 0 Å². The Bertz CT molecular complexity index is 968. The molecule has 0 aliphatic carbocycles. The van der Waals surface area contributed by atoms with E-state index < -0.39 is 42.5 Å². The third kappa shape index (κ3) is 6.47. The molecular weight excluding hydrogens is 472 g/mol. The molecule has 5 atom stereocenters. The third-order valence-corrected chi connectivity index (χ3v) is 6.16. The van der Waals surface area contributed by atoms with Gasteiger partial charge in [0.1, 0.15) is 52.5 Å². The molecule has 0 saturated carbocycles. The van der Waals surface area contributed by atoms with E-state index in [9.17, 15) is 30.6 Å². The number of hydrogen-bond acceptors (Lipinski definition) is 10. The van der Waals surface area contributed by atoms with Crippen LogP contribution in [0.4, 0.5) is 0 Å². The van der Waals surface area contributed by atoms with Crippen LogP contribution < -0.4 is 18.9 Å². The predicted molar refractivity (Wildman–Crippen MR) is 132 cm³/mol. The van der Waals surface area contributed by atoms with Crippen molar-refractivity contribution in [1.29, 1.82) is 0 Å². The van der Waals surface area contributed by atoms with Crippen LogP contribution in [0, 0.1) is 0 Å². The van der Waals surface area contributed by atoms with Gasteiger partial charge in [-0.15, -0.1) is 6.58 Å². The molecular formula is C26H36O10. The molecule has 0 aromatic heterocycles. The molecule has 10 heteroatoms.